The van der Waals surface area contributed by atoms with Crippen LogP contribution >= 0.6 is 0 Å². The Bertz CT molecular complexity index is 192. The van der Waals surface area contributed by atoms with Crippen molar-refractivity contribution in [3.63, 3.8) is 0 Å². The van der Waals surface area contributed by atoms with E-state index in [2.05, 4.69) is 38.2 Å². The third-order valence-electron chi connectivity index (χ3n) is 2.29. The van der Waals surface area contributed by atoms with Crippen LogP contribution in [0, 0.1) is 0 Å². The van der Waals surface area contributed by atoms with E-state index in [1.54, 1.807) is 11.1 Å². The highest BCUT2D eigenvalue weighted by atomic mass is 14.1. The predicted molar refractivity (Wildman–Crippen MR) is 89.2 cm³/mol. The minimum atomic E-state index is 1.27. The van der Waals surface area contributed by atoms with E-state index in [1.165, 1.54) is 25.7 Å². The fourth-order valence-corrected chi connectivity index (χ4v) is 1.74. The van der Waals surface area contributed by atoms with Gasteiger partial charge in [-0.25, -0.2) is 0 Å². The molecule has 0 bridgehead atoms. The van der Waals surface area contributed by atoms with Gasteiger partial charge in [0.1, 0.15) is 0 Å². The molecule has 108 valence electrons. The van der Waals surface area contributed by atoms with Crippen LogP contribution in [0.25, 0.3) is 0 Å². The van der Waals surface area contributed by atoms with Gasteiger partial charge in [0.2, 0.25) is 0 Å². The van der Waals surface area contributed by atoms with Gasteiger partial charge in [0.25, 0.3) is 0 Å². The fraction of sp³-hybridized carbons (Fsp3) is 0.667. The summed E-state index contributed by atoms with van der Waals surface area (Å²) in [5, 5.41) is 0. The summed E-state index contributed by atoms with van der Waals surface area (Å²) in [5.41, 5.74) is 3.09. The Morgan fingerprint density at radius 1 is 0.611 bits per heavy atom. The lowest BCUT2D eigenvalue weighted by Gasteiger charge is -2.15. The first-order valence-corrected chi connectivity index (χ1v) is 7.86. The number of rotatable bonds is 2. The number of hydrogen-bond donors (Lipinski definition) is 0. The highest BCUT2D eigenvalue weighted by Gasteiger charge is 2.06. The monoisotopic (exact) mass is 252 g/mol. The van der Waals surface area contributed by atoms with Crippen LogP contribution in [0.15, 0.2) is 35.5 Å². The zero-order valence-corrected chi connectivity index (χ0v) is 14.1. The van der Waals surface area contributed by atoms with Crippen molar-refractivity contribution in [2.75, 3.05) is 0 Å². The van der Waals surface area contributed by atoms with Gasteiger partial charge in [0.15, 0.2) is 0 Å². The van der Waals surface area contributed by atoms with Crippen molar-refractivity contribution in [3.8, 4) is 0 Å². The normalized spacial score (nSPS) is 14.2. The molecule has 0 heteroatoms. The Morgan fingerprint density at radius 3 is 1.11 bits per heavy atom. The van der Waals surface area contributed by atoms with Crippen molar-refractivity contribution in [3.05, 3.63) is 35.5 Å². The van der Waals surface area contributed by atoms with Crippen LogP contribution in [0.1, 0.15) is 81.1 Å². The second kappa shape index (κ2) is 21.5. The van der Waals surface area contributed by atoms with E-state index in [0.29, 0.717) is 0 Å². The molecule has 0 aliphatic heterocycles. The van der Waals surface area contributed by atoms with Gasteiger partial charge in [-0.05, 0) is 50.7 Å². The topological polar surface area (TPSA) is 0 Å². The van der Waals surface area contributed by atoms with Crippen molar-refractivity contribution in [1.29, 1.82) is 0 Å². The van der Waals surface area contributed by atoms with E-state index in [1.807, 2.05) is 41.5 Å². The molecule has 0 unspecified atom stereocenters. The van der Waals surface area contributed by atoms with Gasteiger partial charge in [-0.2, -0.15) is 0 Å². The van der Waals surface area contributed by atoms with Crippen molar-refractivity contribution < 1.29 is 0 Å². The molecule has 1 rings (SSSR count). The summed E-state index contributed by atoms with van der Waals surface area (Å²) in [7, 11) is 0. The Kier molecular flexibility index (Phi) is 26.8. The zero-order chi connectivity index (χ0) is 14.8. The molecule has 0 saturated heterocycles. The average molecular weight is 252 g/mol. The maximum absolute atomic E-state index is 2.26. The Morgan fingerprint density at radius 2 is 0.889 bits per heavy atom. The summed E-state index contributed by atoms with van der Waals surface area (Å²) >= 11 is 0. The lowest BCUT2D eigenvalue weighted by Crippen LogP contribution is -1.95. The molecular formula is C18H36. The Labute approximate surface area is 117 Å². The average Bonchev–Trinajstić information content (AvgIpc) is 2.48. The zero-order valence-electron chi connectivity index (χ0n) is 14.1. The molecule has 0 amide bonds. The lowest BCUT2D eigenvalue weighted by molar-refractivity contribution is 0.693. The summed E-state index contributed by atoms with van der Waals surface area (Å²) in [4.78, 5) is 0. The lowest BCUT2D eigenvalue weighted by atomic mass is 9.91. The smallest absolute Gasteiger partial charge is 0.0276 e. The Hall–Kier alpha value is -0.780. The second-order valence-electron chi connectivity index (χ2n) is 3.26. The van der Waals surface area contributed by atoms with Crippen molar-refractivity contribution in [2.24, 2.45) is 0 Å². The van der Waals surface area contributed by atoms with Crippen LogP contribution in [0.5, 0.6) is 0 Å². The molecule has 0 aromatic carbocycles. The molecule has 0 heterocycles. The second-order valence-corrected chi connectivity index (χ2v) is 3.26. The van der Waals surface area contributed by atoms with Gasteiger partial charge < -0.3 is 0 Å². The SMILES string of the molecule is C/C=C\C1=C(/C=C\C)CCCC1.CC.CC.CC. The van der Waals surface area contributed by atoms with E-state index in [0.717, 1.165) is 0 Å². The molecule has 0 atom stereocenters. The van der Waals surface area contributed by atoms with E-state index in [-0.39, 0.29) is 0 Å². The summed E-state index contributed by atoms with van der Waals surface area (Å²) in [6.45, 7) is 16.2. The molecule has 0 fully saturated rings. The van der Waals surface area contributed by atoms with Crippen molar-refractivity contribution in [1.82, 2.24) is 0 Å². The van der Waals surface area contributed by atoms with Gasteiger partial charge in [-0.15, -0.1) is 0 Å². The summed E-state index contributed by atoms with van der Waals surface area (Å²) in [6, 6.07) is 0. The first-order chi connectivity index (χ1) is 8.88. The fourth-order valence-electron chi connectivity index (χ4n) is 1.74. The van der Waals surface area contributed by atoms with E-state index >= 15 is 0 Å². The van der Waals surface area contributed by atoms with Gasteiger partial charge >= 0.3 is 0 Å². The standard InChI is InChI=1S/C12H18.3C2H6/c1-3-7-11-9-5-6-10-12(11)8-4-2;3*1-2/h3-4,7-8H,5-6,9-10H2,1-2H3;3*1-2H3/b7-3-,8-4-;;;. The minimum absolute atomic E-state index is 1.27. The molecule has 1 aliphatic rings. The van der Waals surface area contributed by atoms with Crippen LogP contribution in [-0.2, 0) is 0 Å². The largest absolute Gasteiger partial charge is 0.0874 e. The van der Waals surface area contributed by atoms with Crippen molar-refractivity contribution in [2.45, 2.75) is 81.1 Å². The molecule has 0 nitrogen and oxygen atoms in total. The quantitative estimate of drug-likeness (QED) is 0.492. The number of hydrogen-bond acceptors (Lipinski definition) is 0. The number of allylic oxidation sites excluding steroid dienone is 6. The van der Waals surface area contributed by atoms with Crippen LogP contribution in [0.4, 0.5) is 0 Å². The molecule has 18 heavy (non-hydrogen) atoms. The molecule has 0 N–H and O–H groups in total. The maximum Gasteiger partial charge on any atom is -0.0276 e. The highest BCUT2D eigenvalue weighted by Crippen LogP contribution is 2.26. The summed E-state index contributed by atoms with van der Waals surface area (Å²) < 4.78 is 0. The van der Waals surface area contributed by atoms with E-state index in [9.17, 15) is 0 Å². The Balaban J connectivity index is -0.000000328. The summed E-state index contributed by atoms with van der Waals surface area (Å²) in [5.74, 6) is 0. The van der Waals surface area contributed by atoms with Crippen LogP contribution in [0.2, 0.25) is 0 Å². The van der Waals surface area contributed by atoms with Gasteiger partial charge in [0, 0.05) is 0 Å². The van der Waals surface area contributed by atoms with Gasteiger partial charge in [-0.1, -0.05) is 65.8 Å². The molecule has 0 spiro atoms. The molecule has 0 aromatic rings. The molecule has 0 aromatic heterocycles. The molecule has 0 saturated carbocycles. The van der Waals surface area contributed by atoms with Crippen LogP contribution in [-0.4, -0.2) is 0 Å². The molecule has 0 radical (unpaired) electrons. The van der Waals surface area contributed by atoms with Crippen LogP contribution < -0.4 is 0 Å². The minimum Gasteiger partial charge on any atom is -0.0874 e. The highest BCUT2D eigenvalue weighted by molar-refractivity contribution is 5.34. The predicted octanol–water partition coefficient (Wildman–Crippen LogP) is 7.09. The third-order valence-corrected chi connectivity index (χ3v) is 2.29. The molecule has 1 aliphatic carbocycles. The van der Waals surface area contributed by atoms with Gasteiger partial charge in [0.05, 0.1) is 0 Å². The van der Waals surface area contributed by atoms with E-state index in [4.69, 9.17) is 0 Å². The van der Waals surface area contributed by atoms with Crippen molar-refractivity contribution >= 4 is 0 Å². The first-order valence-electron chi connectivity index (χ1n) is 7.86. The van der Waals surface area contributed by atoms with Gasteiger partial charge in [-0.3, -0.25) is 0 Å². The first kappa shape index (κ1) is 22.4. The third kappa shape index (κ3) is 11.7. The van der Waals surface area contributed by atoms with E-state index < -0.39 is 0 Å². The summed E-state index contributed by atoms with van der Waals surface area (Å²) in [6.07, 6.45) is 14.1. The molecular weight excluding hydrogens is 216 g/mol. The van der Waals surface area contributed by atoms with Crippen LogP contribution in [0.3, 0.4) is 0 Å². The maximum atomic E-state index is 2.26.